The molecule has 0 radical (unpaired) electrons. The first-order chi connectivity index (χ1) is 15.2. The van der Waals surface area contributed by atoms with Gasteiger partial charge in [-0.15, -0.1) is 0 Å². The summed E-state index contributed by atoms with van der Waals surface area (Å²) in [6, 6.07) is 27.4. The molecule has 0 unspecified atom stereocenters. The second kappa shape index (κ2) is 9.82. The number of hydrogen-bond acceptors (Lipinski definition) is 7. The van der Waals surface area contributed by atoms with Crippen LogP contribution in [0.3, 0.4) is 0 Å². The lowest BCUT2D eigenvalue weighted by molar-refractivity contribution is 1.04. The molecule has 0 saturated heterocycles. The summed E-state index contributed by atoms with van der Waals surface area (Å²) in [6.07, 6.45) is 0. The SMILES string of the molecule is C/C(=N/Nc1nc(Nc2ccccc2)nc(Nc2ccccc2)n1)c1ccc(Br)cc1. The van der Waals surface area contributed by atoms with Crippen LogP contribution in [0, 0.1) is 0 Å². The van der Waals surface area contributed by atoms with Gasteiger partial charge in [-0.2, -0.15) is 20.1 Å². The molecule has 0 fully saturated rings. The largest absolute Gasteiger partial charge is 0.324 e. The van der Waals surface area contributed by atoms with Gasteiger partial charge in [-0.05, 0) is 48.9 Å². The van der Waals surface area contributed by atoms with Crippen molar-refractivity contribution < 1.29 is 0 Å². The maximum Gasteiger partial charge on any atom is 0.250 e. The molecule has 1 aromatic heterocycles. The first-order valence-electron chi connectivity index (χ1n) is 9.62. The number of halogens is 1. The van der Waals surface area contributed by atoms with E-state index in [1.54, 1.807) is 0 Å². The molecule has 8 heteroatoms. The average molecular weight is 474 g/mol. The molecule has 3 aromatic carbocycles. The molecule has 0 aliphatic carbocycles. The van der Waals surface area contributed by atoms with Gasteiger partial charge in [-0.3, -0.25) is 0 Å². The van der Waals surface area contributed by atoms with Crippen molar-refractivity contribution in [2.45, 2.75) is 6.92 Å². The number of para-hydroxylation sites is 2. The van der Waals surface area contributed by atoms with E-state index in [0.717, 1.165) is 27.1 Å². The lowest BCUT2D eigenvalue weighted by atomic mass is 10.1. The topological polar surface area (TPSA) is 87.1 Å². The number of anilines is 5. The van der Waals surface area contributed by atoms with Crippen molar-refractivity contribution in [3.63, 3.8) is 0 Å². The average Bonchev–Trinajstić information content (AvgIpc) is 2.79. The van der Waals surface area contributed by atoms with Crippen molar-refractivity contribution in [2.24, 2.45) is 5.10 Å². The monoisotopic (exact) mass is 473 g/mol. The van der Waals surface area contributed by atoms with Crippen LogP contribution in [-0.4, -0.2) is 20.7 Å². The molecule has 7 nitrogen and oxygen atoms in total. The molecule has 3 N–H and O–H groups in total. The molecule has 0 saturated carbocycles. The first kappa shape index (κ1) is 20.5. The summed E-state index contributed by atoms with van der Waals surface area (Å²) >= 11 is 3.44. The van der Waals surface area contributed by atoms with E-state index < -0.39 is 0 Å². The summed E-state index contributed by atoms with van der Waals surface area (Å²) in [7, 11) is 0. The number of nitrogens with one attached hydrogen (secondary N) is 3. The van der Waals surface area contributed by atoms with Crippen LogP contribution in [-0.2, 0) is 0 Å². The Labute approximate surface area is 188 Å². The Morgan fingerprint density at radius 1 is 0.677 bits per heavy atom. The minimum absolute atomic E-state index is 0.323. The minimum Gasteiger partial charge on any atom is -0.324 e. The van der Waals surface area contributed by atoms with Gasteiger partial charge in [-0.1, -0.05) is 64.5 Å². The second-order valence-electron chi connectivity index (χ2n) is 6.60. The number of hydrogen-bond donors (Lipinski definition) is 3. The molecule has 0 spiro atoms. The molecule has 4 aromatic rings. The maximum atomic E-state index is 4.48. The number of rotatable bonds is 7. The van der Waals surface area contributed by atoms with Gasteiger partial charge in [0.15, 0.2) is 0 Å². The van der Waals surface area contributed by atoms with Crippen molar-refractivity contribution in [2.75, 3.05) is 16.1 Å². The third kappa shape index (κ3) is 5.86. The fourth-order valence-electron chi connectivity index (χ4n) is 2.73. The second-order valence-corrected chi connectivity index (χ2v) is 7.52. The molecule has 1 heterocycles. The lowest BCUT2D eigenvalue weighted by Gasteiger charge is -2.10. The number of hydrazone groups is 1. The Balaban J connectivity index is 1.60. The van der Waals surface area contributed by atoms with Gasteiger partial charge in [0.25, 0.3) is 0 Å². The number of aromatic nitrogens is 3. The van der Waals surface area contributed by atoms with Crippen molar-refractivity contribution in [1.82, 2.24) is 15.0 Å². The molecular formula is C23H20BrN7. The summed E-state index contributed by atoms with van der Waals surface area (Å²) in [5, 5.41) is 10.8. The predicted octanol–water partition coefficient (Wildman–Crippen LogP) is 5.96. The molecule has 0 atom stereocenters. The first-order valence-corrected chi connectivity index (χ1v) is 10.4. The fraction of sp³-hybridized carbons (Fsp3) is 0.0435. The molecule has 4 rings (SSSR count). The van der Waals surface area contributed by atoms with E-state index in [4.69, 9.17) is 0 Å². The van der Waals surface area contributed by atoms with Gasteiger partial charge in [0, 0.05) is 15.8 Å². The summed E-state index contributed by atoms with van der Waals surface area (Å²) in [5.41, 5.74) is 6.50. The Bertz CT molecular complexity index is 1100. The van der Waals surface area contributed by atoms with Crippen LogP contribution >= 0.6 is 15.9 Å². The van der Waals surface area contributed by atoms with Gasteiger partial charge in [0.1, 0.15) is 0 Å². The quantitative estimate of drug-likeness (QED) is 0.226. The summed E-state index contributed by atoms with van der Waals surface area (Å²) in [6.45, 7) is 1.92. The van der Waals surface area contributed by atoms with Crippen LogP contribution in [0.2, 0.25) is 0 Å². The van der Waals surface area contributed by atoms with Gasteiger partial charge >= 0.3 is 0 Å². The molecule has 0 amide bonds. The summed E-state index contributed by atoms with van der Waals surface area (Å²) < 4.78 is 1.02. The molecule has 154 valence electrons. The Morgan fingerprint density at radius 3 is 1.68 bits per heavy atom. The Kier molecular flexibility index (Phi) is 6.49. The normalized spacial score (nSPS) is 11.1. The third-order valence-corrected chi connectivity index (χ3v) is 4.81. The van der Waals surface area contributed by atoms with E-state index in [1.165, 1.54) is 0 Å². The number of benzene rings is 3. The standard InChI is InChI=1S/C23H20BrN7/c1-16(17-12-14-18(24)15-13-17)30-31-23-28-21(25-19-8-4-2-5-9-19)27-22(29-23)26-20-10-6-3-7-11-20/h2-15H,1H3,(H3,25,26,27,28,29,31)/b30-16-. The van der Waals surface area contributed by atoms with E-state index in [9.17, 15) is 0 Å². The maximum absolute atomic E-state index is 4.48. The Hall–Kier alpha value is -3.78. The van der Waals surface area contributed by atoms with Crippen molar-refractivity contribution >= 4 is 50.9 Å². The molecular weight excluding hydrogens is 454 g/mol. The van der Waals surface area contributed by atoms with Crippen LogP contribution in [0.4, 0.5) is 29.2 Å². The van der Waals surface area contributed by atoms with Crippen LogP contribution in [0.25, 0.3) is 0 Å². The zero-order valence-corrected chi connectivity index (χ0v) is 18.3. The van der Waals surface area contributed by atoms with Gasteiger partial charge in [0.2, 0.25) is 17.8 Å². The van der Waals surface area contributed by atoms with E-state index in [-0.39, 0.29) is 0 Å². The van der Waals surface area contributed by atoms with E-state index in [2.05, 4.69) is 52.0 Å². The minimum atomic E-state index is 0.323. The van der Waals surface area contributed by atoms with Gasteiger partial charge in [-0.25, -0.2) is 5.43 Å². The van der Waals surface area contributed by atoms with Crippen molar-refractivity contribution in [1.29, 1.82) is 0 Å². The summed E-state index contributed by atoms with van der Waals surface area (Å²) in [4.78, 5) is 13.4. The highest BCUT2D eigenvalue weighted by atomic mass is 79.9. The van der Waals surface area contributed by atoms with Crippen molar-refractivity contribution in [3.8, 4) is 0 Å². The Morgan fingerprint density at radius 2 is 1.16 bits per heavy atom. The highest BCUT2D eigenvalue weighted by Crippen LogP contribution is 2.18. The summed E-state index contributed by atoms with van der Waals surface area (Å²) in [5.74, 6) is 1.13. The van der Waals surface area contributed by atoms with Crippen LogP contribution in [0.5, 0.6) is 0 Å². The van der Waals surface area contributed by atoms with Crippen LogP contribution in [0.15, 0.2) is 94.5 Å². The predicted molar refractivity (Wildman–Crippen MR) is 129 cm³/mol. The van der Waals surface area contributed by atoms with Crippen LogP contribution in [0.1, 0.15) is 12.5 Å². The third-order valence-electron chi connectivity index (χ3n) is 4.28. The van der Waals surface area contributed by atoms with Gasteiger partial charge in [0.05, 0.1) is 5.71 Å². The van der Waals surface area contributed by atoms with Gasteiger partial charge < -0.3 is 10.6 Å². The molecule has 0 aliphatic heterocycles. The van der Waals surface area contributed by atoms with E-state index in [0.29, 0.717) is 17.8 Å². The lowest BCUT2D eigenvalue weighted by Crippen LogP contribution is -2.08. The molecule has 0 bridgehead atoms. The smallest absolute Gasteiger partial charge is 0.250 e. The zero-order valence-electron chi connectivity index (χ0n) is 16.7. The van der Waals surface area contributed by atoms with E-state index >= 15 is 0 Å². The zero-order chi connectivity index (χ0) is 21.5. The van der Waals surface area contributed by atoms with E-state index in [1.807, 2.05) is 91.9 Å². The molecule has 31 heavy (non-hydrogen) atoms. The highest BCUT2D eigenvalue weighted by Gasteiger charge is 2.08. The fourth-order valence-corrected chi connectivity index (χ4v) is 2.99. The number of nitrogens with zero attached hydrogens (tertiary/aromatic N) is 4. The highest BCUT2D eigenvalue weighted by molar-refractivity contribution is 9.10. The molecule has 0 aliphatic rings. The van der Waals surface area contributed by atoms with Crippen LogP contribution < -0.4 is 16.1 Å². The van der Waals surface area contributed by atoms with Crippen molar-refractivity contribution in [3.05, 3.63) is 95.0 Å².